The van der Waals surface area contributed by atoms with Crippen LogP contribution < -0.4 is 5.32 Å². The topological polar surface area (TPSA) is 24.4 Å². The van der Waals surface area contributed by atoms with E-state index in [-0.39, 0.29) is 0 Å². The molecule has 1 aromatic rings. The first kappa shape index (κ1) is 13.5. The van der Waals surface area contributed by atoms with E-state index in [9.17, 15) is 0 Å². The summed E-state index contributed by atoms with van der Waals surface area (Å²) >= 11 is 1.83. The highest BCUT2D eigenvalue weighted by Gasteiger charge is 2.18. The summed E-state index contributed by atoms with van der Waals surface area (Å²) in [6.45, 7) is 6.68. The van der Waals surface area contributed by atoms with E-state index in [1.807, 2.05) is 11.8 Å². The molecule has 1 aliphatic heterocycles. The van der Waals surface area contributed by atoms with E-state index in [0.29, 0.717) is 12.0 Å². The van der Waals surface area contributed by atoms with Crippen molar-refractivity contribution in [1.29, 1.82) is 0 Å². The molecule has 0 fully saturated rings. The monoisotopic (exact) mass is 262 g/mol. The molecule has 1 aromatic carbocycles. The summed E-state index contributed by atoms with van der Waals surface area (Å²) in [5, 5.41) is 4.53. The highest BCUT2D eigenvalue weighted by molar-refractivity contribution is 8.14. The fourth-order valence-electron chi connectivity index (χ4n) is 2.07. The molecule has 0 spiro atoms. The van der Waals surface area contributed by atoms with Gasteiger partial charge in [0.2, 0.25) is 0 Å². The maximum Gasteiger partial charge on any atom is 0.161 e. The van der Waals surface area contributed by atoms with Gasteiger partial charge in [-0.05, 0) is 36.5 Å². The van der Waals surface area contributed by atoms with Crippen molar-refractivity contribution in [3.05, 3.63) is 29.8 Å². The molecule has 1 heterocycles. The van der Waals surface area contributed by atoms with Crippen LogP contribution in [0.15, 0.2) is 29.3 Å². The second-order valence-electron chi connectivity index (χ2n) is 5.06. The van der Waals surface area contributed by atoms with Gasteiger partial charge >= 0.3 is 0 Å². The number of aryl methyl sites for hydroxylation is 1. The zero-order chi connectivity index (χ0) is 13.0. The summed E-state index contributed by atoms with van der Waals surface area (Å²) in [7, 11) is 0. The van der Waals surface area contributed by atoms with E-state index in [1.165, 1.54) is 17.7 Å². The molecule has 0 saturated heterocycles. The van der Waals surface area contributed by atoms with Gasteiger partial charge < -0.3 is 5.32 Å². The molecular formula is C15H22N2S. The van der Waals surface area contributed by atoms with Crippen LogP contribution in [0.1, 0.15) is 32.8 Å². The van der Waals surface area contributed by atoms with Crippen LogP contribution in [0.3, 0.4) is 0 Å². The number of thioether (sulfide) groups is 1. The van der Waals surface area contributed by atoms with E-state index < -0.39 is 0 Å². The van der Waals surface area contributed by atoms with Gasteiger partial charge in [0.15, 0.2) is 5.17 Å². The third-order valence-electron chi connectivity index (χ3n) is 3.29. The largest absolute Gasteiger partial charge is 0.335 e. The van der Waals surface area contributed by atoms with Crippen LogP contribution in [0.4, 0.5) is 5.69 Å². The number of nitrogens with zero attached hydrogens (tertiary/aromatic N) is 1. The molecule has 0 radical (unpaired) electrons. The van der Waals surface area contributed by atoms with Crippen molar-refractivity contribution in [2.75, 3.05) is 11.1 Å². The lowest BCUT2D eigenvalue weighted by Crippen LogP contribution is -2.23. The van der Waals surface area contributed by atoms with Gasteiger partial charge in [0, 0.05) is 11.4 Å². The van der Waals surface area contributed by atoms with Gasteiger partial charge in [0.05, 0.1) is 6.04 Å². The van der Waals surface area contributed by atoms with Crippen molar-refractivity contribution < 1.29 is 0 Å². The van der Waals surface area contributed by atoms with Crippen molar-refractivity contribution in [2.45, 2.75) is 39.7 Å². The Morgan fingerprint density at radius 2 is 2.28 bits per heavy atom. The van der Waals surface area contributed by atoms with Gasteiger partial charge in [-0.2, -0.15) is 0 Å². The summed E-state index contributed by atoms with van der Waals surface area (Å²) in [6.07, 6.45) is 2.27. The average Bonchev–Trinajstić information content (AvgIpc) is 2.39. The molecular weight excluding hydrogens is 240 g/mol. The molecule has 1 N–H and O–H groups in total. The molecule has 1 unspecified atom stereocenters. The summed E-state index contributed by atoms with van der Waals surface area (Å²) in [5.74, 6) is 1.80. The molecule has 3 heteroatoms. The van der Waals surface area contributed by atoms with Crippen LogP contribution in [0, 0.1) is 5.92 Å². The van der Waals surface area contributed by atoms with Crippen molar-refractivity contribution >= 4 is 22.6 Å². The van der Waals surface area contributed by atoms with Gasteiger partial charge in [-0.25, -0.2) is 0 Å². The molecule has 0 aliphatic carbocycles. The Hall–Kier alpha value is -0.960. The molecule has 1 atom stereocenters. The number of amidine groups is 1. The normalized spacial score (nSPS) is 19.8. The highest BCUT2D eigenvalue weighted by atomic mass is 32.2. The first-order valence-corrected chi connectivity index (χ1v) is 7.74. The zero-order valence-corrected chi connectivity index (χ0v) is 12.3. The van der Waals surface area contributed by atoms with Crippen LogP contribution in [-0.4, -0.2) is 17.0 Å². The Balaban J connectivity index is 2.08. The number of nitrogens with one attached hydrogen (secondary N) is 1. The SMILES string of the molecule is CCc1cccc(NC2=NC(C(C)C)CCS2)c1. The van der Waals surface area contributed by atoms with Gasteiger partial charge in [-0.15, -0.1) is 0 Å². The smallest absolute Gasteiger partial charge is 0.161 e. The average molecular weight is 262 g/mol. The molecule has 1 aliphatic rings. The third-order valence-corrected chi connectivity index (χ3v) is 4.21. The van der Waals surface area contributed by atoms with Crippen LogP contribution in [0.25, 0.3) is 0 Å². The Morgan fingerprint density at radius 1 is 1.44 bits per heavy atom. The molecule has 0 saturated carbocycles. The quantitative estimate of drug-likeness (QED) is 0.883. The number of hydrogen-bond donors (Lipinski definition) is 1. The second-order valence-corrected chi connectivity index (χ2v) is 6.15. The van der Waals surface area contributed by atoms with E-state index in [1.54, 1.807) is 0 Å². The molecule has 0 aromatic heterocycles. The first-order chi connectivity index (χ1) is 8.69. The van der Waals surface area contributed by atoms with E-state index in [2.05, 4.69) is 50.4 Å². The van der Waals surface area contributed by atoms with Crippen molar-refractivity contribution in [3.8, 4) is 0 Å². The van der Waals surface area contributed by atoms with Gasteiger partial charge in [-0.3, -0.25) is 4.99 Å². The van der Waals surface area contributed by atoms with Crippen LogP contribution in [0.5, 0.6) is 0 Å². The van der Waals surface area contributed by atoms with Crippen molar-refractivity contribution in [1.82, 2.24) is 0 Å². The summed E-state index contributed by atoms with van der Waals surface area (Å²) in [6, 6.07) is 9.07. The number of benzene rings is 1. The minimum absolute atomic E-state index is 0.475. The Bertz CT molecular complexity index is 426. The fraction of sp³-hybridized carbons (Fsp3) is 0.533. The van der Waals surface area contributed by atoms with Gasteiger partial charge in [0.25, 0.3) is 0 Å². The van der Waals surface area contributed by atoms with E-state index >= 15 is 0 Å². The third kappa shape index (κ3) is 3.52. The number of anilines is 1. The van der Waals surface area contributed by atoms with Gasteiger partial charge in [0.1, 0.15) is 0 Å². The molecule has 0 bridgehead atoms. The van der Waals surface area contributed by atoms with E-state index in [4.69, 9.17) is 4.99 Å². The fourth-order valence-corrected chi connectivity index (χ4v) is 3.02. The lowest BCUT2D eigenvalue weighted by molar-refractivity contribution is 0.485. The standard InChI is InChI=1S/C15H22N2S/c1-4-12-6-5-7-13(10-12)16-15-17-14(11(2)3)8-9-18-15/h5-7,10-11,14H,4,8-9H2,1-3H3,(H,16,17). The maximum atomic E-state index is 4.80. The lowest BCUT2D eigenvalue weighted by atomic mass is 10.0. The number of aliphatic imine (C=N–C) groups is 1. The van der Waals surface area contributed by atoms with Crippen LogP contribution >= 0.6 is 11.8 Å². The zero-order valence-electron chi connectivity index (χ0n) is 11.4. The van der Waals surface area contributed by atoms with E-state index in [0.717, 1.165) is 17.3 Å². The molecule has 0 amide bonds. The Kier molecular flexibility index (Phi) is 4.70. The molecule has 2 nitrogen and oxygen atoms in total. The van der Waals surface area contributed by atoms with Crippen molar-refractivity contribution in [3.63, 3.8) is 0 Å². The number of rotatable bonds is 3. The Morgan fingerprint density at radius 3 is 3.00 bits per heavy atom. The maximum absolute atomic E-state index is 4.80. The predicted octanol–water partition coefficient (Wildman–Crippen LogP) is 4.18. The summed E-state index contributed by atoms with van der Waals surface area (Å²) < 4.78 is 0. The lowest BCUT2D eigenvalue weighted by Gasteiger charge is -2.23. The van der Waals surface area contributed by atoms with Crippen LogP contribution in [-0.2, 0) is 6.42 Å². The molecule has 2 rings (SSSR count). The molecule has 18 heavy (non-hydrogen) atoms. The minimum Gasteiger partial charge on any atom is -0.335 e. The van der Waals surface area contributed by atoms with Crippen LogP contribution in [0.2, 0.25) is 0 Å². The number of hydrogen-bond acceptors (Lipinski definition) is 3. The summed E-state index contributed by atoms with van der Waals surface area (Å²) in [5.41, 5.74) is 2.52. The first-order valence-electron chi connectivity index (χ1n) is 6.75. The molecule has 98 valence electrons. The predicted molar refractivity (Wildman–Crippen MR) is 82.6 cm³/mol. The Labute approximate surface area is 114 Å². The van der Waals surface area contributed by atoms with Gasteiger partial charge in [-0.1, -0.05) is 44.7 Å². The second kappa shape index (κ2) is 6.28. The van der Waals surface area contributed by atoms with Crippen molar-refractivity contribution in [2.24, 2.45) is 10.9 Å². The summed E-state index contributed by atoms with van der Waals surface area (Å²) in [4.78, 5) is 4.80. The highest BCUT2D eigenvalue weighted by Crippen LogP contribution is 2.24. The minimum atomic E-state index is 0.475.